The first-order valence-corrected chi connectivity index (χ1v) is 13.4. The topological polar surface area (TPSA) is 226 Å². The lowest BCUT2D eigenvalue weighted by Crippen LogP contribution is -2.42. The Labute approximate surface area is 230 Å². The number of carbonyl (C=O) groups is 1. The van der Waals surface area contributed by atoms with Crippen LogP contribution in [0, 0.1) is 5.41 Å². The number of nitrogens with one attached hydrogen (secondary N) is 3. The summed E-state index contributed by atoms with van der Waals surface area (Å²) in [7, 11) is 0. The molecule has 0 unspecified atom stereocenters. The van der Waals surface area contributed by atoms with Crippen LogP contribution >= 0.6 is 25.3 Å². The van der Waals surface area contributed by atoms with Gasteiger partial charge in [0.1, 0.15) is 13.2 Å². The molecule has 0 radical (unpaired) electrons. The molecule has 2 atom stereocenters. The van der Waals surface area contributed by atoms with Crippen molar-refractivity contribution in [3.63, 3.8) is 0 Å². The second-order valence-corrected chi connectivity index (χ2v) is 9.09. The van der Waals surface area contributed by atoms with Crippen molar-refractivity contribution < 1.29 is 14.3 Å². The van der Waals surface area contributed by atoms with Gasteiger partial charge in [-0.15, -0.1) is 0 Å². The summed E-state index contributed by atoms with van der Waals surface area (Å²) in [5, 5.41) is 13.3. The molecule has 0 aromatic heterocycles. The number of nitrogens with two attached hydrogens (primary N) is 5. The molecule has 210 valence electrons. The molecule has 1 aromatic carbocycles. The lowest BCUT2D eigenvalue weighted by atomic mass is 10.1. The number of amidine groups is 1. The number of hydrogen-bond donors (Lipinski definition) is 10. The number of aliphatic imine (C=N–C) groups is 1. The van der Waals surface area contributed by atoms with Crippen molar-refractivity contribution in [2.45, 2.75) is 49.3 Å². The third kappa shape index (κ3) is 14.2. The van der Waals surface area contributed by atoms with Gasteiger partial charge >= 0.3 is 0 Å². The van der Waals surface area contributed by atoms with Gasteiger partial charge in [0.25, 0.3) is 0 Å². The second-order valence-electron chi connectivity index (χ2n) is 8.46. The molecule has 0 aliphatic rings. The summed E-state index contributed by atoms with van der Waals surface area (Å²) in [5.41, 5.74) is 29.9. The largest absolute Gasteiger partial charge is 0.488 e. The Balaban J connectivity index is 2.55. The first kappa shape index (κ1) is 32.6. The lowest BCUT2D eigenvalue weighted by Gasteiger charge is -2.18. The molecule has 37 heavy (non-hydrogen) atoms. The summed E-state index contributed by atoms with van der Waals surface area (Å²) >= 11 is 8.81. The maximum absolute atomic E-state index is 12.2. The fraction of sp³-hybridized carbons (Fsp3) is 0.609. The Hall–Kier alpha value is -2.39. The molecule has 1 amide bonds. The summed E-state index contributed by atoms with van der Waals surface area (Å²) in [5.74, 6) is 2.08. The monoisotopic (exact) mass is 557 g/mol. The van der Waals surface area contributed by atoms with Gasteiger partial charge in [0.15, 0.2) is 17.5 Å². The highest BCUT2D eigenvalue weighted by molar-refractivity contribution is 7.79. The Morgan fingerprint density at radius 3 is 2.14 bits per heavy atom. The van der Waals surface area contributed by atoms with E-state index in [4.69, 9.17) is 43.6 Å². The molecule has 14 heteroatoms. The van der Waals surface area contributed by atoms with Crippen molar-refractivity contribution >= 4 is 43.0 Å². The van der Waals surface area contributed by atoms with Crippen molar-refractivity contribution in [2.24, 2.45) is 33.7 Å². The normalized spacial score (nSPS) is 12.4. The van der Waals surface area contributed by atoms with Gasteiger partial charge in [-0.05, 0) is 42.5 Å². The van der Waals surface area contributed by atoms with Crippen molar-refractivity contribution in [3.05, 3.63) is 23.3 Å². The Bertz CT molecular complexity index is 870. The quantitative estimate of drug-likeness (QED) is 0.0428. The third-order valence-corrected chi connectivity index (χ3v) is 5.98. The van der Waals surface area contributed by atoms with E-state index < -0.39 is 6.04 Å². The molecule has 0 aliphatic carbocycles. The molecule has 0 fully saturated rings. The van der Waals surface area contributed by atoms with Gasteiger partial charge in [0, 0.05) is 43.6 Å². The van der Waals surface area contributed by atoms with E-state index in [1.54, 1.807) is 0 Å². The maximum Gasteiger partial charge on any atom is 0.237 e. The van der Waals surface area contributed by atoms with E-state index in [0.29, 0.717) is 74.9 Å². The van der Waals surface area contributed by atoms with E-state index >= 15 is 0 Å². The van der Waals surface area contributed by atoms with Crippen molar-refractivity contribution in [1.29, 1.82) is 5.41 Å². The van der Waals surface area contributed by atoms with Crippen molar-refractivity contribution in [3.8, 4) is 11.5 Å². The number of benzene rings is 1. The van der Waals surface area contributed by atoms with Gasteiger partial charge < -0.3 is 48.8 Å². The molecule has 1 aromatic rings. The fourth-order valence-corrected chi connectivity index (χ4v) is 3.84. The maximum atomic E-state index is 12.2. The molecule has 0 spiro atoms. The molecular weight excluding hydrogens is 514 g/mol. The highest BCUT2D eigenvalue weighted by Crippen LogP contribution is 2.32. The van der Waals surface area contributed by atoms with E-state index in [9.17, 15) is 4.79 Å². The van der Waals surface area contributed by atoms with Gasteiger partial charge in [0.2, 0.25) is 5.91 Å². The highest BCUT2D eigenvalue weighted by atomic mass is 32.1. The van der Waals surface area contributed by atoms with Crippen LogP contribution in [0.2, 0.25) is 0 Å². The van der Waals surface area contributed by atoms with Gasteiger partial charge in [0.05, 0.1) is 18.4 Å². The molecule has 0 saturated carbocycles. The van der Waals surface area contributed by atoms with Crippen LogP contribution < -0.4 is 48.8 Å². The van der Waals surface area contributed by atoms with E-state index in [-0.39, 0.29) is 36.9 Å². The molecule has 12 nitrogen and oxygen atoms in total. The van der Waals surface area contributed by atoms with Gasteiger partial charge in [-0.1, -0.05) is 0 Å². The van der Waals surface area contributed by atoms with Crippen LogP contribution in [-0.2, 0) is 16.3 Å². The molecule has 0 saturated heterocycles. The number of carbonyl (C=O) groups excluding carboxylic acids is 1. The Kier molecular flexibility index (Phi) is 16.6. The van der Waals surface area contributed by atoms with E-state index in [2.05, 4.69) is 40.9 Å². The summed E-state index contributed by atoms with van der Waals surface area (Å²) in [6.07, 6.45) is 2.13. The van der Waals surface area contributed by atoms with Crippen LogP contribution in [0.1, 0.15) is 36.8 Å². The summed E-state index contributed by atoms with van der Waals surface area (Å²) in [6.45, 7) is 2.58. The molecule has 0 bridgehead atoms. The first-order chi connectivity index (χ1) is 17.7. The zero-order valence-corrected chi connectivity index (χ0v) is 23.0. The lowest BCUT2D eigenvalue weighted by molar-refractivity contribution is -0.122. The molecule has 0 heterocycles. The smallest absolute Gasteiger partial charge is 0.237 e. The van der Waals surface area contributed by atoms with Gasteiger partial charge in [-0.25, -0.2) is 0 Å². The third-order valence-electron chi connectivity index (χ3n) is 5.30. The van der Waals surface area contributed by atoms with Crippen molar-refractivity contribution in [2.75, 3.05) is 39.4 Å². The van der Waals surface area contributed by atoms with E-state index in [1.807, 2.05) is 12.1 Å². The second kappa shape index (κ2) is 18.8. The molecule has 1 rings (SSSR count). The Morgan fingerprint density at radius 2 is 1.59 bits per heavy atom. The van der Waals surface area contributed by atoms with Crippen LogP contribution in [0.3, 0.4) is 0 Å². The number of ether oxygens (including phenoxy) is 2. The van der Waals surface area contributed by atoms with Gasteiger partial charge in [-0.2, -0.15) is 25.3 Å². The SMILES string of the molecule is N=C(N)CCC[C@H](N)C(=O)NCCOc1cc(CS)c(CS)cc1OCCNC[C@@H](N)CCN=C(N)N. The summed E-state index contributed by atoms with van der Waals surface area (Å²) < 4.78 is 11.9. The van der Waals surface area contributed by atoms with Crippen LogP contribution in [-0.4, -0.2) is 69.2 Å². The van der Waals surface area contributed by atoms with Crippen LogP contribution in [0.15, 0.2) is 17.1 Å². The minimum atomic E-state index is -0.657. The number of rotatable bonds is 20. The number of thiol groups is 2. The molecule has 13 N–H and O–H groups in total. The minimum Gasteiger partial charge on any atom is -0.488 e. The van der Waals surface area contributed by atoms with Crippen LogP contribution in [0.4, 0.5) is 0 Å². The predicted octanol–water partition coefficient (Wildman–Crippen LogP) is -0.566. The zero-order valence-electron chi connectivity index (χ0n) is 21.2. The van der Waals surface area contributed by atoms with Crippen molar-refractivity contribution in [1.82, 2.24) is 10.6 Å². The molecular formula is C23H43N9O3S2. The zero-order chi connectivity index (χ0) is 27.6. The first-order valence-electron chi connectivity index (χ1n) is 12.2. The van der Waals surface area contributed by atoms with E-state index in [0.717, 1.165) is 11.1 Å². The highest BCUT2D eigenvalue weighted by Gasteiger charge is 2.14. The summed E-state index contributed by atoms with van der Waals surface area (Å²) in [6, 6.07) is 3.05. The standard InChI is InChI=1S/C23H43N9O3S2/c24-17(4-5-32-23(28)29)12-30-6-8-34-19-10-15(13-36)16(14-37)11-20(19)35-9-7-31-22(33)18(25)2-1-3-21(26)27/h10-11,17-18,30,36-37H,1-9,12-14,24-25H2,(H3,26,27)(H,31,33)(H4,28,29,32)/t17-,18-/m0/s1. The number of hydrogen-bond acceptors (Lipinski definition) is 10. The van der Waals surface area contributed by atoms with Gasteiger partial charge in [-0.3, -0.25) is 15.2 Å². The fourth-order valence-electron chi connectivity index (χ4n) is 3.26. The number of guanidine groups is 1. The predicted molar refractivity (Wildman–Crippen MR) is 156 cm³/mol. The minimum absolute atomic E-state index is 0.0585. The van der Waals surface area contributed by atoms with E-state index in [1.165, 1.54) is 0 Å². The number of amides is 1. The van der Waals surface area contributed by atoms with Crippen LogP contribution in [0.25, 0.3) is 0 Å². The molecule has 0 aliphatic heterocycles. The average Bonchev–Trinajstić information content (AvgIpc) is 2.85. The summed E-state index contributed by atoms with van der Waals surface area (Å²) in [4.78, 5) is 16.1. The Morgan fingerprint density at radius 1 is 1.00 bits per heavy atom. The number of nitrogens with zero attached hydrogens (tertiary/aromatic N) is 1. The van der Waals surface area contributed by atoms with Crippen LogP contribution in [0.5, 0.6) is 11.5 Å². The average molecular weight is 558 g/mol.